The van der Waals surface area contributed by atoms with Gasteiger partial charge in [-0.3, -0.25) is 0 Å². The highest BCUT2D eigenvalue weighted by molar-refractivity contribution is 5.75. The van der Waals surface area contributed by atoms with Gasteiger partial charge < -0.3 is 5.73 Å². The molecule has 5 nitrogen and oxygen atoms in total. The zero-order chi connectivity index (χ0) is 8.27. The third-order valence-corrected chi connectivity index (χ3v) is 1.28. The van der Waals surface area contributed by atoms with Gasteiger partial charge >= 0.3 is 0 Å². The van der Waals surface area contributed by atoms with E-state index in [1.165, 1.54) is 12.1 Å². The van der Waals surface area contributed by atoms with Crippen LogP contribution in [-0.2, 0) is 0 Å². The lowest BCUT2D eigenvalue weighted by molar-refractivity contribution is 1.15. The topological polar surface area (TPSA) is 91.7 Å². The van der Waals surface area contributed by atoms with Crippen molar-refractivity contribution in [2.75, 3.05) is 5.73 Å². The van der Waals surface area contributed by atoms with Crippen LogP contribution in [0.2, 0.25) is 0 Å². The van der Waals surface area contributed by atoms with Crippen LogP contribution in [0.5, 0.6) is 0 Å². The molecule has 0 fully saturated rings. The number of hydrogen-bond donors (Lipinski definition) is 2. The van der Waals surface area contributed by atoms with E-state index in [0.29, 0.717) is 0 Å². The molecule has 0 heterocycles. The number of benzene rings is 1. The highest BCUT2D eigenvalue weighted by Gasteiger charge is 2.02. The molecule has 0 amide bonds. The summed E-state index contributed by atoms with van der Waals surface area (Å²) in [6.45, 7) is 0. The van der Waals surface area contributed by atoms with E-state index in [0.717, 1.165) is 0 Å². The molecular formula is C6H6N4O. The highest BCUT2D eigenvalue weighted by Crippen LogP contribution is 2.30. The Bertz CT molecular complexity index is 270. The van der Waals surface area contributed by atoms with Crippen molar-refractivity contribution in [3.8, 4) is 0 Å². The molecule has 0 aliphatic rings. The fraction of sp³-hybridized carbons (Fsp3) is 0. The van der Waals surface area contributed by atoms with E-state index in [4.69, 9.17) is 11.3 Å². The molecule has 0 aliphatic heterocycles. The molecule has 3 N–H and O–H groups in total. The van der Waals surface area contributed by atoms with Gasteiger partial charge in [-0.25, -0.2) is 5.53 Å². The molecule has 0 unspecified atom stereocenters. The number of anilines is 1. The number of nitrogens with zero attached hydrogens (tertiary/aromatic N) is 2. The zero-order valence-corrected chi connectivity index (χ0v) is 5.61. The van der Waals surface area contributed by atoms with Crippen LogP contribution in [0.4, 0.5) is 17.1 Å². The van der Waals surface area contributed by atoms with E-state index in [1.54, 1.807) is 6.07 Å². The average molecular weight is 150 g/mol. The lowest BCUT2D eigenvalue weighted by Crippen LogP contribution is -1.84. The number of para-hydroxylation sites is 1. The first kappa shape index (κ1) is 7.33. The third-order valence-electron chi connectivity index (χ3n) is 1.28. The van der Waals surface area contributed by atoms with Gasteiger partial charge in [-0.05, 0) is 17.3 Å². The molecule has 11 heavy (non-hydrogen) atoms. The summed E-state index contributed by atoms with van der Waals surface area (Å²) in [5.74, 6) is 0. The maximum Gasteiger partial charge on any atom is 0.133 e. The van der Waals surface area contributed by atoms with E-state index in [2.05, 4.69) is 10.3 Å². The Morgan fingerprint density at radius 2 is 2.00 bits per heavy atom. The highest BCUT2D eigenvalue weighted by atomic mass is 16.3. The Morgan fingerprint density at radius 3 is 2.55 bits per heavy atom. The van der Waals surface area contributed by atoms with E-state index in [9.17, 15) is 4.91 Å². The molecule has 0 atom stereocenters. The first-order chi connectivity index (χ1) is 5.29. The maximum absolute atomic E-state index is 10.1. The molecule has 1 rings (SSSR count). The van der Waals surface area contributed by atoms with Crippen molar-refractivity contribution in [2.45, 2.75) is 0 Å². The van der Waals surface area contributed by atoms with Crippen molar-refractivity contribution in [3.05, 3.63) is 23.1 Å². The monoisotopic (exact) mass is 150 g/mol. The quantitative estimate of drug-likeness (QED) is 0.384. The van der Waals surface area contributed by atoms with Crippen LogP contribution in [0.25, 0.3) is 0 Å². The SMILES string of the molecule is N=Nc1cccc(N=O)c1N. The molecule has 5 heteroatoms. The van der Waals surface area contributed by atoms with Gasteiger partial charge in [0, 0.05) is 0 Å². The van der Waals surface area contributed by atoms with Gasteiger partial charge in [0.05, 0.1) is 5.69 Å². The number of nitrogens with two attached hydrogens (primary N) is 1. The molecule has 1 aromatic carbocycles. The summed E-state index contributed by atoms with van der Waals surface area (Å²) in [6.07, 6.45) is 0. The Balaban J connectivity index is 3.30. The van der Waals surface area contributed by atoms with E-state index in [1.807, 2.05) is 0 Å². The lowest BCUT2D eigenvalue weighted by Gasteiger charge is -1.97. The molecule has 0 saturated carbocycles. The minimum atomic E-state index is 0.124. The molecule has 0 radical (unpaired) electrons. The van der Waals surface area contributed by atoms with E-state index >= 15 is 0 Å². The third kappa shape index (κ3) is 1.21. The van der Waals surface area contributed by atoms with Crippen molar-refractivity contribution in [1.82, 2.24) is 0 Å². The lowest BCUT2D eigenvalue weighted by atomic mass is 10.2. The number of hydrogen-bond acceptors (Lipinski definition) is 5. The number of rotatable bonds is 2. The van der Waals surface area contributed by atoms with Crippen LogP contribution in [0.1, 0.15) is 0 Å². The molecule has 0 bridgehead atoms. The molecule has 1 aromatic rings. The van der Waals surface area contributed by atoms with Gasteiger partial charge in [-0.2, -0.15) is 5.11 Å². The molecule has 0 aliphatic carbocycles. The van der Waals surface area contributed by atoms with Crippen LogP contribution in [-0.4, -0.2) is 0 Å². The number of nitroso groups, excluding NO2 is 1. The van der Waals surface area contributed by atoms with E-state index < -0.39 is 0 Å². The first-order valence-electron chi connectivity index (χ1n) is 2.89. The summed E-state index contributed by atoms with van der Waals surface area (Å²) in [5.41, 5.74) is 12.6. The summed E-state index contributed by atoms with van der Waals surface area (Å²) in [7, 11) is 0. The molecule has 0 spiro atoms. The Hall–Kier alpha value is -1.78. The standard InChI is InChI=1S/C6H6N4O/c7-6-4(9-8)2-1-3-5(6)10-11/h1-3,8H,7H2. The summed E-state index contributed by atoms with van der Waals surface area (Å²) < 4.78 is 0. The predicted octanol–water partition coefficient (Wildman–Crippen LogP) is 2.33. The largest absolute Gasteiger partial charge is 0.395 e. The van der Waals surface area contributed by atoms with Crippen molar-refractivity contribution in [2.24, 2.45) is 10.3 Å². The van der Waals surface area contributed by atoms with E-state index in [-0.39, 0.29) is 17.1 Å². The minimum absolute atomic E-state index is 0.124. The van der Waals surface area contributed by atoms with Gasteiger partial charge in [-0.1, -0.05) is 6.07 Å². The van der Waals surface area contributed by atoms with Crippen LogP contribution in [0, 0.1) is 10.4 Å². The Morgan fingerprint density at radius 1 is 1.36 bits per heavy atom. The van der Waals surface area contributed by atoms with Gasteiger partial charge in [-0.15, -0.1) is 4.91 Å². The number of nitrogens with one attached hydrogen (secondary N) is 1. The summed E-state index contributed by atoms with van der Waals surface area (Å²) in [5, 5.41) is 5.77. The molecular weight excluding hydrogens is 144 g/mol. The molecule has 0 aromatic heterocycles. The smallest absolute Gasteiger partial charge is 0.133 e. The average Bonchev–Trinajstić information content (AvgIpc) is 2.05. The van der Waals surface area contributed by atoms with Crippen LogP contribution in [0.15, 0.2) is 28.5 Å². The van der Waals surface area contributed by atoms with Crippen molar-refractivity contribution in [3.63, 3.8) is 0 Å². The molecule has 0 saturated heterocycles. The summed E-state index contributed by atoms with van der Waals surface area (Å²) >= 11 is 0. The van der Waals surface area contributed by atoms with Gasteiger partial charge in [0.15, 0.2) is 0 Å². The minimum Gasteiger partial charge on any atom is -0.395 e. The van der Waals surface area contributed by atoms with Crippen LogP contribution >= 0.6 is 0 Å². The maximum atomic E-state index is 10.1. The van der Waals surface area contributed by atoms with Gasteiger partial charge in [0.1, 0.15) is 11.4 Å². The second kappa shape index (κ2) is 2.87. The predicted molar refractivity (Wildman–Crippen MR) is 41.1 cm³/mol. The summed E-state index contributed by atoms with van der Waals surface area (Å²) in [4.78, 5) is 10.1. The fourth-order valence-electron chi connectivity index (χ4n) is 0.718. The van der Waals surface area contributed by atoms with Crippen molar-refractivity contribution >= 4 is 17.1 Å². The first-order valence-corrected chi connectivity index (χ1v) is 2.89. The van der Waals surface area contributed by atoms with Crippen molar-refractivity contribution < 1.29 is 0 Å². The van der Waals surface area contributed by atoms with Crippen LogP contribution < -0.4 is 5.73 Å². The van der Waals surface area contributed by atoms with Gasteiger partial charge in [0.2, 0.25) is 0 Å². The van der Waals surface area contributed by atoms with Gasteiger partial charge in [0.25, 0.3) is 0 Å². The second-order valence-corrected chi connectivity index (χ2v) is 1.91. The Labute approximate surface area is 62.7 Å². The summed E-state index contributed by atoms with van der Waals surface area (Å²) in [6, 6.07) is 4.58. The zero-order valence-electron chi connectivity index (χ0n) is 5.61. The second-order valence-electron chi connectivity index (χ2n) is 1.91. The van der Waals surface area contributed by atoms with Crippen molar-refractivity contribution in [1.29, 1.82) is 5.53 Å². The number of nitrogen functional groups attached to an aromatic ring is 1. The Kier molecular flexibility index (Phi) is 1.91. The normalized spacial score (nSPS) is 9.09. The fourth-order valence-corrected chi connectivity index (χ4v) is 0.718. The van der Waals surface area contributed by atoms with Crippen LogP contribution in [0.3, 0.4) is 0 Å². The molecule has 56 valence electrons.